The number of halogens is 1. The number of thioether (sulfide) groups is 1. The number of benzene rings is 3. The van der Waals surface area contributed by atoms with Gasteiger partial charge in [-0.15, -0.1) is 11.8 Å². The molecule has 0 aliphatic carbocycles. The Bertz CT molecular complexity index is 1120. The fraction of sp³-hybridized carbons (Fsp3) is 0.333. The third-order valence-corrected chi connectivity index (χ3v) is 7.63. The van der Waals surface area contributed by atoms with Crippen molar-refractivity contribution in [1.82, 2.24) is 10.2 Å². The van der Waals surface area contributed by atoms with Crippen molar-refractivity contribution in [3.8, 4) is 0 Å². The van der Waals surface area contributed by atoms with Crippen LogP contribution in [0.4, 0.5) is 0 Å². The molecule has 3 aromatic rings. The molecule has 0 unspecified atom stereocenters. The van der Waals surface area contributed by atoms with E-state index in [-0.39, 0.29) is 17.9 Å². The molecule has 6 heteroatoms. The van der Waals surface area contributed by atoms with Gasteiger partial charge < -0.3 is 10.2 Å². The van der Waals surface area contributed by atoms with Crippen molar-refractivity contribution in [2.24, 2.45) is 0 Å². The fourth-order valence-electron chi connectivity index (χ4n) is 3.92. The maximum Gasteiger partial charge on any atom is 0.243 e. The number of nitrogens with zero attached hydrogens (tertiary/aromatic N) is 1. The Morgan fingerprint density at radius 1 is 0.944 bits per heavy atom. The summed E-state index contributed by atoms with van der Waals surface area (Å²) in [6.45, 7) is 6.48. The molecule has 0 bridgehead atoms. The van der Waals surface area contributed by atoms with E-state index in [1.54, 1.807) is 16.7 Å². The zero-order chi connectivity index (χ0) is 25.9. The van der Waals surface area contributed by atoms with Crippen LogP contribution in [0.15, 0.2) is 83.3 Å². The van der Waals surface area contributed by atoms with Gasteiger partial charge >= 0.3 is 0 Å². The lowest BCUT2D eigenvalue weighted by atomic mass is 10.0. The van der Waals surface area contributed by atoms with Crippen molar-refractivity contribution in [2.45, 2.75) is 58.0 Å². The highest BCUT2D eigenvalue weighted by atomic mass is 79.9. The molecule has 0 aliphatic heterocycles. The topological polar surface area (TPSA) is 49.4 Å². The van der Waals surface area contributed by atoms with Gasteiger partial charge in [-0.05, 0) is 49.1 Å². The van der Waals surface area contributed by atoms with Gasteiger partial charge in [0, 0.05) is 29.2 Å². The number of hydrogen-bond donors (Lipinski definition) is 1. The number of aryl methyl sites for hydroxylation is 1. The van der Waals surface area contributed by atoms with E-state index in [4.69, 9.17) is 0 Å². The van der Waals surface area contributed by atoms with Gasteiger partial charge in [-0.1, -0.05) is 95.1 Å². The summed E-state index contributed by atoms with van der Waals surface area (Å²) < 4.78 is 1.03. The van der Waals surface area contributed by atoms with E-state index >= 15 is 0 Å². The predicted octanol–water partition coefficient (Wildman–Crippen LogP) is 6.55. The SMILES string of the molecule is CC[C@@H](C)NC(=O)[C@@H](Cc1ccccc1)N(Cc1cccc(C)c1)C(=O)CSCc1ccc(Br)cc1. The molecule has 0 saturated carbocycles. The van der Waals surface area contributed by atoms with Gasteiger partial charge in [-0.25, -0.2) is 0 Å². The molecule has 4 nitrogen and oxygen atoms in total. The van der Waals surface area contributed by atoms with Crippen molar-refractivity contribution in [2.75, 3.05) is 5.75 Å². The average molecular weight is 568 g/mol. The van der Waals surface area contributed by atoms with Gasteiger partial charge in [0.05, 0.1) is 5.75 Å². The zero-order valence-corrected chi connectivity index (χ0v) is 23.6. The highest BCUT2D eigenvalue weighted by molar-refractivity contribution is 9.10. The number of carbonyl (C=O) groups is 2. The smallest absolute Gasteiger partial charge is 0.243 e. The fourth-order valence-corrected chi connectivity index (χ4v) is 5.06. The number of rotatable bonds is 12. The lowest BCUT2D eigenvalue weighted by molar-refractivity contribution is -0.139. The lowest BCUT2D eigenvalue weighted by Gasteiger charge is -2.32. The van der Waals surface area contributed by atoms with Gasteiger partial charge in [0.1, 0.15) is 6.04 Å². The van der Waals surface area contributed by atoms with Gasteiger partial charge in [-0.2, -0.15) is 0 Å². The second-order valence-corrected chi connectivity index (χ2v) is 11.1. The minimum Gasteiger partial charge on any atom is -0.352 e. The van der Waals surface area contributed by atoms with E-state index in [0.29, 0.717) is 18.7 Å². The Morgan fingerprint density at radius 2 is 1.64 bits per heavy atom. The van der Waals surface area contributed by atoms with Crippen molar-refractivity contribution in [1.29, 1.82) is 0 Å². The molecule has 3 aromatic carbocycles. The summed E-state index contributed by atoms with van der Waals surface area (Å²) in [7, 11) is 0. The minimum atomic E-state index is -0.595. The van der Waals surface area contributed by atoms with E-state index < -0.39 is 6.04 Å². The summed E-state index contributed by atoms with van der Waals surface area (Å²) in [4.78, 5) is 29.0. The second-order valence-electron chi connectivity index (χ2n) is 9.15. The van der Waals surface area contributed by atoms with E-state index in [1.165, 1.54) is 0 Å². The van der Waals surface area contributed by atoms with Gasteiger partial charge in [0.2, 0.25) is 11.8 Å². The summed E-state index contributed by atoms with van der Waals surface area (Å²) in [5, 5.41) is 3.13. The van der Waals surface area contributed by atoms with Gasteiger partial charge in [0.15, 0.2) is 0 Å². The average Bonchev–Trinajstić information content (AvgIpc) is 2.87. The van der Waals surface area contributed by atoms with E-state index in [2.05, 4.69) is 39.4 Å². The standard InChI is InChI=1S/C30H35BrN2O2S/c1-4-23(3)32-30(35)28(18-24-10-6-5-7-11-24)33(19-26-12-8-9-22(2)17-26)29(34)21-36-20-25-13-15-27(31)16-14-25/h5-17,23,28H,4,18-21H2,1-3H3,(H,32,35)/t23-,28-/m1/s1. The zero-order valence-electron chi connectivity index (χ0n) is 21.2. The first-order chi connectivity index (χ1) is 17.4. The third-order valence-electron chi connectivity index (χ3n) is 6.12. The molecule has 0 fully saturated rings. The van der Waals surface area contributed by atoms with Crippen molar-refractivity contribution >= 4 is 39.5 Å². The van der Waals surface area contributed by atoms with Crippen LogP contribution in [0.3, 0.4) is 0 Å². The molecule has 0 radical (unpaired) electrons. The normalized spacial score (nSPS) is 12.6. The van der Waals surface area contributed by atoms with Crippen molar-refractivity contribution in [3.63, 3.8) is 0 Å². The molecule has 0 aromatic heterocycles. The van der Waals surface area contributed by atoms with Crippen LogP contribution in [0.5, 0.6) is 0 Å². The van der Waals surface area contributed by atoms with Crippen molar-refractivity contribution in [3.05, 3.63) is 106 Å². The largest absolute Gasteiger partial charge is 0.352 e. The lowest BCUT2D eigenvalue weighted by Crippen LogP contribution is -2.52. The third kappa shape index (κ3) is 8.82. The summed E-state index contributed by atoms with van der Waals surface area (Å²) in [6.07, 6.45) is 1.30. The molecule has 0 saturated heterocycles. The first kappa shape index (κ1) is 28.0. The quantitative estimate of drug-likeness (QED) is 0.270. The number of amides is 2. The molecule has 36 heavy (non-hydrogen) atoms. The first-order valence-corrected chi connectivity index (χ1v) is 14.3. The molecule has 1 N–H and O–H groups in total. The van der Waals surface area contributed by atoms with Crippen LogP contribution in [-0.4, -0.2) is 34.6 Å². The Kier molecular flexibility index (Phi) is 11.1. The first-order valence-electron chi connectivity index (χ1n) is 12.4. The molecular weight excluding hydrogens is 532 g/mol. The monoisotopic (exact) mass is 566 g/mol. The minimum absolute atomic E-state index is 0.0288. The molecule has 0 aliphatic rings. The molecular formula is C30H35BrN2O2S. The van der Waals surface area contributed by atoms with Crippen LogP contribution >= 0.6 is 27.7 Å². The highest BCUT2D eigenvalue weighted by Crippen LogP contribution is 2.20. The van der Waals surface area contributed by atoms with Crippen LogP contribution in [-0.2, 0) is 28.3 Å². The van der Waals surface area contributed by atoms with Gasteiger partial charge in [0.25, 0.3) is 0 Å². The van der Waals surface area contributed by atoms with Crippen molar-refractivity contribution < 1.29 is 9.59 Å². The van der Waals surface area contributed by atoms with Gasteiger partial charge in [-0.3, -0.25) is 9.59 Å². The highest BCUT2D eigenvalue weighted by Gasteiger charge is 2.30. The van der Waals surface area contributed by atoms with Crippen LogP contribution < -0.4 is 5.32 Å². The van der Waals surface area contributed by atoms with Crippen LogP contribution in [0.2, 0.25) is 0 Å². The molecule has 3 rings (SSSR count). The number of carbonyl (C=O) groups excluding carboxylic acids is 2. The molecule has 2 atom stereocenters. The Balaban J connectivity index is 1.85. The van der Waals surface area contributed by atoms with Crippen LogP contribution in [0, 0.1) is 6.92 Å². The molecule has 0 spiro atoms. The number of nitrogens with one attached hydrogen (secondary N) is 1. The van der Waals surface area contributed by atoms with Crippen LogP contribution in [0.1, 0.15) is 42.5 Å². The summed E-state index contributed by atoms with van der Waals surface area (Å²) in [5.41, 5.74) is 4.35. The maximum atomic E-state index is 13.7. The van der Waals surface area contributed by atoms with E-state index in [0.717, 1.165) is 38.9 Å². The number of hydrogen-bond acceptors (Lipinski definition) is 3. The molecule has 2 amide bonds. The van der Waals surface area contributed by atoms with E-state index in [9.17, 15) is 9.59 Å². The Labute approximate surface area is 228 Å². The Hall–Kier alpha value is -2.57. The molecule has 190 valence electrons. The second kappa shape index (κ2) is 14.2. The molecule has 0 heterocycles. The predicted molar refractivity (Wildman–Crippen MR) is 154 cm³/mol. The van der Waals surface area contributed by atoms with E-state index in [1.807, 2.05) is 81.4 Å². The van der Waals surface area contributed by atoms with Crippen LogP contribution in [0.25, 0.3) is 0 Å². The Morgan fingerprint density at radius 3 is 2.31 bits per heavy atom. The summed E-state index contributed by atoms with van der Waals surface area (Å²) >= 11 is 5.04. The summed E-state index contributed by atoms with van der Waals surface area (Å²) in [5.74, 6) is 0.912. The maximum absolute atomic E-state index is 13.7. The summed E-state index contributed by atoms with van der Waals surface area (Å²) in [6, 6.07) is 25.7.